The maximum absolute atomic E-state index is 12.9. The number of amides is 1. The van der Waals surface area contributed by atoms with Crippen molar-refractivity contribution in [3.63, 3.8) is 0 Å². The van der Waals surface area contributed by atoms with Gasteiger partial charge in [-0.05, 0) is 37.3 Å². The molecule has 3 aromatic rings. The van der Waals surface area contributed by atoms with E-state index in [1.165, 1.54) is 11.1 Å². The summed E-state index contributed by atoms with van der Waals surface area (Å²) < 4.78 is 3.13. The minimum absolute atomic E-state index is 0.0614. The van der Waals surface area contributed by atoms with Crippen LogP contribution in [0.5, 0.6) is 0 Å². The largest absolute Gasteiger partial charge is 0.354 e. The number of hydrogen-bond acceptors (Lipinski definition) is 4. The van der Waals surface area contributed by atoms with Crippen molar-refractivity contribution in [2.75, 3.05) is 26.2 Å². The highest BCUT2D eigenvalue weighted by molar-refractivity contribution is 6.07. The molecule has 1 fully saturated rings. The zero-order chi connectivity index (χ0) is 21.3. The fourth-order valence-corrected chi connectivity index (χ4v) is 4.92. The first-order valence-electron chi connectivity index (χ1n) is 10.9. The Morgan fingerprint density at radius 2 is 1.90 bits per heavy atom. The summed E-state index contributed by atoms with van der Waals surface area (Å²) in [6.45, 7) is 8.45. The van der Waals surface area contributed by atoms with Crippen molar-refractivity contribution in [2.45, 2.75) is 33.2 Å². The van der Waals surface area contributed by atoms with Gasteiger partial charge in [-0.1, -0.05) is 32.0 Å². The van der Waals surface area contributed by atoms with E-state index in [0.717, 1.165) is 54.2 Å². The smallest absolute Gasteiger partial charge is 0.291 e. The van der Waals surface area contributed by atoms with Gasteiger partial charge in [-0.3, -0.25) is 9.59 Å². The fourth-order valence-electron chi connectivity index (χ4n) is 4.92. The number of likely N-dealkylation sites (tertiary alicyclic amines) is 1. The second kappa shape index (κ2) is 8.60. The minimum Gasteiger partial charge on any atom is -0.354 e. The Labute approximate surface area is 176 Å². The van der Waals surface area contributed by atoms with Gasteiger partial charge in [-0.15, -0.1) is 0 Å². The number of fused-ring (bicyclic) bond motifs is 3. The first-order chi connectivity index (χ1) is 14.4. The third-order valence-corrected chi connectivity index (χ3v) is 6.12. The molecule has 160 valence electrons. The Morgan fingerprint density at radius 1 is 1.17 bits per heavy atom. The number of piperidine rings is 1. The summed E-state index contributed by atoms with van der Waals surface area (Å²) in [4.78, 5) is 27.8. The van der Waals surface area contributed by atoms with Crippen LogP contribution in [0.3, 0.4) is 0 Å². The second-order valence-electron chi connectivity index (χ2n) is 8.85. The van der Waals surface area contributed by atoms with Crippen molar-refractivity contribution >= 4 is 27.7 Å². The van der Waals surface area contributed by atoms with Crippen LogP contribution in [0, 0.1) is 11.8 Å². The lowest BCUT2D eigenvalue weighted by atomic mass is 9.92. The van der Waals surface area contributed by atoms with E-state index in [1.54, 1.807) is 6.20 Å². The van der Waals surface area contributed by atoms with E-state index in [4.69, 9.17) is 0 Å². The van der Waals surface area contributed by atoms with Crippen molar-refractivity contribution in [3.05, 3.63) is 40.8 Å². The second-order valence-corrected chi connectivity index (χ2v) is 8.85. The number of rotatable bonds is 6. The van der Waals surface area contributed by atoms with Crippen LogP contribution >= 0.6 is 0 Å². The number of benzene rings is 1. The highest BCUT2D eigenvalue weighted by atomic mass is 16.2. The molecule has 7 heteroatoms. The van der Waals surface area contributed by atoms with Gasteiger partial charge in [0.2, 0.25) is 5.91 Å². The Bertz CT molecular complexity index is 1110. The molecule has 4 rings (SSSR count). The molecule has 0 spiro atoms. The lowest BCUT2D eigenvalue weighted by molar-refractivity contribution is -0.121. The van der Waals surface area contributed by atoms with Crippen LogP contribution in [0.15, 0.2) is 35.3 Å². The summed E-state index contributed by atoms with van der Waals surface area (Å²) in [6, 6.07) is 7.87. The van der Waals surface area contributed by atoms with Crippen molar-refractivity contribution in [1.29, 1.82) is 0 Å². The molecule has 2 atom stereocenters. The normalized spacial score (nSPS) is 20.1. The third-order valence-electron chi connectivity index (χ3n) is 6.12. The van der Waals surface area contributed by atoms with Crippen LogP contribution in [0.2, 0.25) is 0 Å². The average molecular weight is 410 g/mol. The molecule has 0 unspecified atom stereocenters. The van der Waals surface area contributed by atoms with Gasteiger partial charge in [0.25, 0.3) is 5.56 Å². The molecule has 0 aliphatic carbocycles. The molecular formula is C23H31N5O2. The number of aryl methyl sites for hydroxylation is 1. The molecule has 1 aliphatic heterocycles. The van der Waals surface area contributed by atoms with Crippen LogP contribution in [0.1, 0.15) is 26.7 Å². The van der Waals surface area contributed by atoms with Crippen molar-refractivity contribution < 1.29 is 4.79 Å². The van der Waals surface area contributed by atoms with Gasteiger partial charge in [0.1, 0.15) is 12.1 Å². The van der Waals surface area contributed by atoms with Crippen LogP contribution in [-0.2, 0) is 18.4 Å². The monoisotopic (exact) mass is 409 g/mol. The summed E-state index contributed by atoms with van der Waals surface area (Å²) in [5.74, 6) is 1.30. The fraction of sp³-hybridized carbons (Fsp3) is 0.522. The molecule has 7 nitrogen and oxygen atoms in total. The Morgan fingerprint density at radius 3 is 2.67 bits per heavy atom. The van der Waals surface area contributed by atoms with Gasteiger partial charge in [0.15, 0.2) is 0 Å². The van der Waals surface area contributed by atoms with Gasteiger partial charge in [-0.25, -0.2) is 4.68 Å². The van der Waals surface area contributed by atoms with Gasteiger partial charge in [0.05, 0.1) is 6.20 Å². The summed E-state index contributed by atoms with van der Waals surface area (Å²) in [7, 11) is 1.87. The van der Waals surface area contributed by atoms with E-state index < -0.39 is 0 Å². The van der Waals surface area contributed by atoms with E-state index in [2.05, 4.69) is 29.2 Å². The van der Waals surface area contributed by atoms with E-state index in [0.29, 0.717) is 12.1 Å². The lowest BCUT2D eigenvalue weighted by Crippen LogP contribution is -2.40. The quantitative estimate of drug-likeness (QED) is 0.635. The molecule has 0 saturated carbocycles. The van der Waals surface area contributed by atoms with Crippen LogP contribution in [0.4, 0.5) is 0 Å². The predicted octanol–water partition coefficient (Wildman–Crippen LogP) is 2.37. The number of nitrogens with zero attached hydrogens (tertiary/aromatic N) is 4. The first-order valence-corrected chi connectivity index (χ1v) is 10.9. The maximum Gasteiger partial charge on any atom is 0.291 e. The highest BCUT2D eigenvalue weighted by Crippen LogP contribution is 2.24. The predicted molar refractivity (Wildman–Crippen MR) is 119 cm³/mol. The Kier molecular flexibility index (Phi) is 5.90. The first kappa shape index (κ1) is 20.6. The molecule has 2 aromatic heterocycles. The van der Waals surface area contributed by atoms with Crippen molar-refractivity contribution in [3.8, 4) is 0 Å². The van der Waals surface area contributed by atoms with Gasteiger partial charge < -0.3 is 14.8 Å². The molecular weight excluding hydrogens is 378 g/mol. The van der Waals surface area contributed by atoms with E-state index in [1.807, 2.05) is 35.9 Å². The molecule has 3 heterocycles. The van der Waals surface area contributed by atoms with Crippen LogP contribution in [-0.4, -0.2) is 51.3 Å². The molecule has 1 saturated heterocycles. The molecule has 1 amide bonds. The van der Waals surface area contributed by atoms with Crippen molar-refractivity contribution in [2.24, 2.45) is 18.9 Å². The number of para-hydroxylation sites is 1. The molecule has 1 aliphatic rings. The van der Waals surface area contributed by atoms with E-state index in [-0.39, 0.29) is 18.0 Å². The Hall–Kier alpha value is -2.67. The number of hydrogen-bond donors (Lipinski definition) is 1. The van der Waals surface area contributed by atoms with Crippen LogP contribution < -0.4 is 10.9 Å². The van der Waals surface area contributed by atoms with Gasteiger partial charge in [-0.2, -0.15) is 5.10 Å². The highest BCUT2D eigenvalue weighted by Gasteiger charge is 2.21. The third kappa shape index (κ3) is 4.12. The average Bonchev–Trinajstić information content (AvgIpc) is 3.00. The van der Waals surface area contributed by atoms with E-state index in [9.17, 15) is 9.59 Å². The summed E-state index contributed by atoms with van der Waals surface area (Å²) in [5, 5.41) is 9.00. The number of carbonyl (C=O) groups excluding carboxylic acids is 1. The summed E-state index contributed by atoms with van der Waals surface area (Å²) in [6.07, 6.45) is 3.90. The number of aromatic nitrogens is 3. The molecule has 1 aromatic carbocycles. The standard InChI is InChI=1S/C23H31N5O2/c1-16-11-17(2)14-27(13-16)10-6-9-24-21(29)15-28-23(30)22-19(12-25-28)18-7-4-5-8-20(18)26(22)3/h4-5,7-8,12,16-17H,6,9-11,13-15H2,1-3H3,(H,24,29)/t16-,17-/m1/s1. The van der Waals surface area contributed by atoms with Crippen LogP contribution in [0.25, 0.3) is 21.8 Å². The van der Waals surface area contributed by atoms with Crippen molar-refractivity contribution in [1.82, 2.24) is 24.6 Å². The molecule has 30 heavy (non-hydrogen) atoms. The Balaban J connectivity index is 1.36. The summed E-state index contributed by atoms with van der Waals surface area (Å²) >= 11 is 0. The summed E-state index contributed by atoms with van der Waals surface area (Å²) in [5.41, 5.74) is 1.32. The molecule has 0 radical (unpaired) electrons. The van der Waals surface area contributed by atoms with E-state index >= 15 is 0 Å². The molecule has 0 bridgehead atoms. The van der Waals surface area contributed by atoms with Gasteiger partial charge in [0, 0.05) is 43.0 Å². The number of carbonyl (C=O) groups is 1. The lowest BCUT2D eigenvalue weighted by Gasteiger charge is -2.34. The number of nitrogens with one attached hydrogen (secondary N) is 1. The van der Waals surface area contributed by atoms with Gasteiger partial charge >= 0.3 is 0 Å². The minimum atomic E-state index is -0.238. The zero-order valence-electron chi connectivity index (χ0n) is 18.1. The topological polar surface area (TPSA) is 72.2 Å². The SMILES string of the molecule is C[C@@H]1C[C@@H](C)CN(CCCNC(=O)Cn2ncc3c4ccccc4n(C)c3c2=O)C1. The molecule has 1 N–H and O–H groups in total. The zero-order valence-corrected chi connectivity index (χ0v) is 18.1. The maximum atomic E-state index is 12.9.